The molecule has 0 amide bonds. The summed E-state index contributed by atoms with van der Waals surface area (Å²) in [6, 6.07) is 4.72. The quantitative estimate of drug-likeness (QED) is 0.611. The molecule has 3 heteroatoms. The second-order valence-electron chi connectivity index (χ2n) is 3.68. The number of rotatable bonds is 1. The molecule has 1 aromatic rings. The zero-order valence-corrected chi connectivity index (χ0v) is 7.33. The summed E-state index contributed by atoms with van der Waals surface area (Å²) in [5.74, 6) is 0.199. The maximum Gasteiger partial charge on any atom is 0.124 e. The first-order chi connectivity index (χ1) is 6.13. The molecule has 70 valence electrons. The van der Waals surface area contributed by atoms with Crippen LogP contribution in [0.2, 0.25) is 0 Å². The van der Waals surface area contributed by atoms with Gasteiger partial charge in [-0.2, -0.15) is 0 Å². The van der Waals surface area contributed by atoms with E-state index in [9.17, 15) is 10.2 Å². The molecule has 1 aromatic carbocycles. The third kappa shape index (κ3) is 1.16. The van der Waals surface area contributed by atoms with E-state index in [2.05, 4.69) is 0 Å². The fraction of sp³-hybridized carbons (Fsp3) is 0.400. The minimum absolute atomic E-state index is 0.0993. The van der Waals surface area contributed by atoms with Crippen molar-refractivity contribution in [2.24, 2.45) is 5.73 Å². The van der Waals surface area contributed by atoms with E-state index in [4.69, 9.17) is 5.73 Å². The first-order valence-electron chi connectivity index (χ1n) is 4.44. The van der Waals surface area contributed by atoms with E-state index in [0.717, 1.165) is 19.3 Å². The monoisotopic (exact) mass is 179 g/mol. The summed E-state index contributed by atoms with van der Waals surface area (Å²) in [5.41, 5.74) is 6.00. The van der Waals surface area contributed by atoms with Crippen molar-refractivity contribution in [2.75, 3.05) is 0 Å². The normalized spacial score (nSPS) is 19.5. The average Bonchev–Trinajstić information content (AvgIpc) is 2.01. The summed E-state index contributed by atoms with van der Waals surface area (Å²) in [7, 11) is 0. The van der Waals surface area contributed by atoms with Gasteiger partial charge in [0.05, 0.1) is 5.56 Å². The van der Waals surface area contributed by atoms with Crippen molar-refractivity contribution < 1.29 is 10.2 Å². The zero-order valence-electron chi connectivity index (χ0n) is 7.33. The first kappa shape index (κ1) is 8.38. The Morgan fingerprint density at radius 3 is 2.08 bits per heavy atom. The maximum atomic E-state index is 9.55. The maximum absolute atomic E-state index is 9.55. The molecular weight excluding hydrogens is 166 g/mol. The molecule has 0 heterocycles. The molecule has 2 rings (SSSR count). The molecule has 0 spiro atoms. The second-order valence-corrected chi connectivity index (χ2v) is 3.68. The summed E-state index contributed by atoms with van der Waals surface area (Å²) < 4.78 is 0. The predicted molar refractivity (Wildman–Crippen MR) is 49.5 cm³/mol. The van der Waals surface area contributed by atoms with E-state index in [-0.39, 0.29) is 11.5 Å². The van der Waals surface area contributed by atoms with Crippen LogP contribution < -0.4 is 5.73 Å². The Morgan fingerprint density at radius 2 is 1.69 bits per heavy atom. The van der Waals surface area contributed by atoms with Crippen LogP contribution in [0.1, 0.15) is 24.8 Å². The van der Waals surface area contributed by atoms with Gasteiger partial charge in [-0.1, -0.05) is 6.07 Å². The minimum atomic E-state index is -0.505. The van der Waals surface area contributed by atoms with Gasteiger partial charge in [0.25, 0.3) is 0 Å². The predicted octanol–water partition coefficient (Wildman–Crippen LogP) is 1.44. The zero-order chi connectivity index (χ0) is 9.47. The highest BCUT2D eigenvalue weighted by molar-refractivity contribution is 5.48. The van der Waals surface area contributed by atoms with Crippen LogP contribution in [0.5, 0.6) is 11.5 Å². The van der Waals surface area contributed by atoms with Gasteiger partial charge in [0.1, 0.15) is 11.5 Å². The van der Waals surface area contributed by atoms with Gasteiger partial charge in [0.15, 0.2) is 0 Å². The molecule has 13 heavy (non-hydrogen) atoms. The van der Waals surface area contributed by atoms with Crippen LogP contribution in [0.3, 0.4) is 0 Å². The lowest BCUT2D eigenvalue weighted by atomic mass is 9.72. The molecule has 0 saturated heterocycles. The molecule has 0 unspecified atom stereocenters. The van der Waals surface area contributed by atoms with Crippen LogP contribution in [0.15, 0.2) is 18.2 Å². The van der Waals surface area contributed by atoms with Gasteiger partial charge in [-0.15, -0.1) is 0 Å². The number of benzene rings is 1. The van der Waals surface area contributed by atoms with Crippen LogP contribution in [0, 0.1) is 0 Å². The van der Waals surface area contributed by atoms with Crippen molar-refractivity contribution in [3.05, 3.63) is 23.8 Å². The third-order valence-electron chi connectivity index (χ3n) is 2.76. The van der Waals surface area contributed by atoms with Crippen molar-refractivity contribution in [3.8, 4) is 11.5 Å². The number of aromatic hydroxyl groups is 2. The van der Waals surface area contributed by atoms with E-state index in [1.807, 2.05) is 0 Å². The molecule has 1 aliphatic rings. The lowest BCUT2D eigenvalue weighted by molar-refractivity contribution is 0.237. The number of nitrogens with two attached hydrogens (primary N) is 1. The molecule has 1 fully saturated rings. The van der Waals surface area contributed by atoms with Crippen molar-refractivity contribution in [1.29, 1.82) is 0 Å². The summed E-state index contributed by atoms with van der Waals surface area (Å²) in [4.78, 5) is 0. The summed E-state index contributed by atoms with van der Waals surface area (Å²) in [6.45, 7) is 0. The molecular formula is C10H13NO2. The lowest BCUT2D eigenvalue weighted by Crippen LogP contribution is -2.43. The largest absolute Gasteiger partial charge is 0.507 e. The second kappa shape index (κ2) is 2.64. The molecule has 0 atom stereocenters. The Balaban J connectivity index is 2.49. The van der Waals surface area contributed by atoms with Gasteiger partial charge in [-0.25, -0.2) is 0 Å². The Labute approximate surface area is 76.8 Å². The average molecular weight is 179 g/mol. The summed E-state index contributed by atoms with van der Waals surface area (Å²) in [5, 5.41) is 19.1. The number of phenols is 2. The molecule has 0 bridgehead atoms. The van der Waals surface area contributed by atoms with Gasteiger partial charge in [0, 0.05) is 5.54 Å². The topological polar surface area (TPSA) is 66.5 Å². The van der Waals surface area contributed by atoms with Crippen LogP contribution in [-0.2, 0) is 5.54 Å². The van der Waals surface area contributed by atoms with Gasteiger partial charge in [-0.3, -0.25) is 0 Å². The van der Waals surface area contributed by atoms with Crippen LogP contribution in [0.25, 0.3) is 0 Å². The van der Waals surface area contributed by atoms with Crippen LogP contribution in [0.4, 0.5) is 0 Å². The molecule has 4 N–H and O–H groups in total. The van der Waals surface area contributed by atoms with Crippen LogP contribution in [-0.4, -0.2) is 10.2 Å². The van der Waals surface area contributed by atoms with Crippen LogP contribution >= 0.6 is 0 Å². The summed E-state index contributed by atoms with van der Waals surface area (Å²) >= 11 is 0. The standard InChI is InChI=1S/C10H13NO2/c11-10(5-2-6-10)9-7(12)3-1-4-8(9)13/h1,3-4,12-13H,2,5-6,11H2. The Morgan fingerprint density at radius 1 is 1.15 bits per heavy atom. The van der Waals surface area contributed by atoms with Gasteiger partial charge in [0.2, 0.25) is 0 Å². The SMILES string of the molecule is NC1(c2c(O)cccc2O)CCC1. The minimum Gasteiger partial charge on any atom is -0.507 e. The Hall–Kier alpha value is -1.22. The molecule has 0 radical (unpaired) electrons. The number of hydrogen-bond donors (Lipinski definition) is 3. The highest BCUT2D eigenvalue weighted by atomic mass is 16.3. The Bertz CT molecular complexity index is 311. The van der Waals surface area contributed by atoms with Gasteiger partial charge in [-0.05, 0) is 31.4 Å². The summed E-state index contributed by atoms with van der Waals surface area (Å²) in [6.07, 6.45) is 2.72. The lowest BCUT2D eigenvalue weighted by Gasteiger charge is -2.39. The van der Waals surface area contributed by atoms with E-state index in [1.165, 1.54) is 0 Å². The Kier molecular flexibility index (Phi) is 1.70. The van der Waals surface area contributed by atoms with E-state index in [1.54, 1.807) is 18.2 Å². The van der Waals surface area contributed by atoms with Crippen molar-refractivity contribution in [2.45, 2.75) is 24.8 Å². The highest BCUT2D eigenvalue weighted by Crippen LogP contribution is 2.46. The fourth-order valence-corrected chi connectivity index (χ4v) is 1.85. The fourth-order valence-electron chi connectivity index (χ4n) is 1.85. The molecule has 1 aliphatic carbocycles. The molecule has 1 saturated carbocycles. The third-order valence-corrected chi connectivity index (χ3v) is 2.76. The highest BCUT2D eigenvalue weighted by Gasteiger charge is 2.38. The van der Waals surface area contributed by atoms with Gasteiger partial charge >= 0.3 is 0 Å². The van der Waals surface area contributed by atoms with Crippen molar-refractivity contribution >= 4 is 0 Å². The first-order valence-corrected chi connectivity index (χ1v) is 4.44. The van der Waals surface area contributed by atoms with E-state index >= 15 is 0 Å². The smallest absolute Gasteiger partial charge is 0.124 e. The van der Waals surface area contributed by atoms with Crippen molar-refractivity contribution in [3.63, 3.8) is 0 Å². The molecule has 0 aromatic heterocycles. The molecule has 0 aliphatic heterocycles. The van der Waals surface area contributed by atoms with Gasteiger partial charge < -0.3 is 15.9 Å². The van der Waals surface area contributed by atoms with E-state index in [0.29, 0.717) is 5.56 Å². The molecule has 3 nitrogen and oxygen atoms in total. The van der Waals surface area contributed by atoms with Crippen molar-refractivity contribution in [1.82, 2.24) is 0 Å². The van der Waals surface area contributed by atoms with E-state index < -0.39 is 5.54 Å². The number of hydrogen-bond acceptors (Lipinski definition) is 3. The number of phenolic OH excluding ortho intramolecular Hbond substituents is 2.